The van der Waals surface area contributed by atoms with Gasteiger partial charge in [0.15, 0.2) is 5.15 Å². The van der Waals surface area contributed by atoms with Gasteiger partial charge in [0.2, 0.25) is 0 Å². The molecule has 0 aliphatic heterocycles. The molecule has 0 bridgehead atoms. The van der Waals surface area contributed by atoms with Gasteiger partial charge in [-0.15, -0.1) is 10.2 Å². The maximum atomic E-state index is 5.69. The topological polar surface area (TPSA) is 47.0 Å². The van der Waals surface area contributed by atoms with Crippen molar-refractivity contribution in [3.05, 3.63) is 52.7 Å². The molecule has 0 aliphatic rings. The van der Waals surface area contributed by atoms with Crippen molar-refractivity contribution in [3.8, 4) is 0 Å². The molecule has 0 saturated carbocycles. The van der Waals surface area contributed by atoms with Gasteiger partial charge in [-0.2, -0.15) is 0 Å². The van der Waals surface area contributed by atoms with Crippen molar-refractivity contribution in [3.63, 3.8) is 0 Å². The van der Waals surface area contributed by atoms with E-state index in [1.54, 1.807) is 12.1 Å². The van der Waals surface area contributed by atoms with Crippen molar-refractivity contribution < 1.29 is 4.74 Å². The number of anilines is 1. The number of aromatic nitrogens is 2. The highest BCUT2D eigenvalue weighted by atomic mass is 35.5. The molecule has 1 aromatic carbocycles. The van der Waals surface area contributed by atoms with Crippen LogP contribution in [0.25, 0.3) is 0 Å². The van der Waals surface area contributed by atoms with Crippen molar-refractivity contribution in [2.24, 2.45) is 0 Å². The highest BCUT2D eigenvalue weighted by Crippen LogP contribution is 2.13. The molecule has 2 aromatic rings. The molecule has 0 unspecified atom stereocenters. The molecule has 0 aliphatic carbocycles. The van der Waals surface area contributed by atoms with Crippen LogP contribution < -0.4 is 5.32 Å². The number of hydrogen-bond acceptors (Lipinski definition) is 4. The minimum Gasteiger partial charge on any atom is -0.377 e. The molecular weight excluding hydrogens is 262 g/mol. The molecule has 0 spiro atoms. The molecule has 1 aromatic heterocycles. The van der Waals surface area contributed by atoms with Crippen LogP contribution in [-0.4, -0.2) is 16.8 Å². The van der Waals surface area contributed by atoms with Gasteiger partial charge in [-0.05, 0) is 30.2 Å². The molecule has 0 amide bonds. The van der Waals surface area contributed by atoms with E-state index in [2.05, 4.69) is 27.6 Å². The second-order valence-corrected chi connectivity index (χ2v) is 4.39. The quantitative estimate of drug-likeness (QED) is 0.880. The Kier molecular flexibility index (Phi) is 5.12. The van der Waals surface area contributed by atoms with Crippen LogP contribution in [0.4, 0.5) is 5.82 Å². The highest BCUT2D eigenvalue weighted by Gasteiger charge is 2.02. The number of ether oxygens (including phenoxy) is 1. The lowest BCUT2D eigenvalue weighted by molar-refractivity contribution is 0.133. The Morgan fingerprint density at radius 2 is 1.89 bits per heavy atom. The first-order valence-electron chi connectivity index (χ1n) is 6.17. The summed E-state index contributed by atoms with van der Waals surface area (Å²) in [6, 6.07) is 11.7. The van der Waals surface area contributed by atoms with Gasteiger partial charge < -0.3 is 10.1 Å². The number of hydrogen-bond donors (Lipinski definition) is 1. The summed E-state index contributed by atoms with van der Waals surface area (Å²) in [6.07, 6.45) is 0. The van der Waals surface area contributed by atoms with E-state index in [4.69, 9.17) is 16.3 Å². The largest absolute Gasteiger partial charge is 0.377 e. The number of halogens is 1. The Morgan fingerprint density at radius 1 is 1.11 bits per heavy atom. The molecule has 5 heteroatoms. The summed E-state index contributed by atoms with van der Waals surface area (Å²) >= 11 is 5.69. The second-order valence-electron chi connectivity index (χ2n) is 4.00. The lowest BCUT2D eigenvalue weighted by atomic mass is 10.1. The average molecular weight is 278 g/mol. The van der Waals surface area contributed by atoms with E-state index in [0.717, 1.165) is 0 Å². The smallest absolute Gasteiger partial charge is 0.151 e. The second kappa shape index (κ2) is 7.07. The molecule has 19 heavy (non-hydrogen) atoms. The van der Waals surface area contributed by atoms with Gasteiger partial charge >= 0.3 is 0 Å². The van der Waals surface area contributed by atoms with Crippen LogP contribution in [0.2, 0.25) is 5.15 Å². The van der Waals surface area contributed by atoms with Crippen molar-refractivity contribution in [1.29, 1.82) is 0 Å². The van der Waals surface area contributed by atoms with Gasteiger partial charge in [-0.3, -0.25) is 0 Å². The fraction of sp³-hybridized carbons (Fsp3) is 0.286. The summed E-state index contributed by atoms with van der Waals surface area (Å²) < 4.78 is 5.45. The van der Waals surface area contributed by atoms with Crippen LogP contribution in [0.15, 0.2) is 36.4 Å². The van der Waals surface area contributed by atoms with E-state index in [1.165, 1.54) is 11.1 Å². The normalized spacial score (nSPS) is 10.4. The van der Waals surface area contributed by atoms with Gasteiger partial charge in [0.05, 0.1) is 6.61 Å². The molecule has 100 valence electrons. The predicted molar refractivity (Wildman–Crippen MR) is 76.1 cm³/mol. The fourth-order valence-electron chi connectivity index (χ4n) is 1.68. The SMILES string of the molecule is CCOCc1ccccc1CNc1ccc(Cl)nn1. The van der Waals surface area contributed by atoms with E-state index >= 15 is 0 Å². The summed E-state index contributed by atoms with van der Waals surface area (Å²) in [5.41, 5.74) is 2.37. The highest BCUT2D eigenvalue weighted by molar-refractivity contribution is 6.29. The first kappa shape index (κ1) is 13.8. The van der Waals surface area contributed by atoms with Crippen molar-refractivity contribution >= 4 is 17.4 Å². The van der Waals surface area contributed by atoms with Crippen LogP contribution in [-0.2, 0) is 17.9 Å². The lowest BCUT2D eigenvalue weighted by Crippen LogP contribution is -2.05. The van der Waals surface area contributed by atoms with E-state index in [0.29, 0.717) is 30.7 Å². The van der Waals surface area contributed by atoms with Gasteiger partial charge in [-0.25, -0.2) is 0 Å². The van der Waals surface area contributed by atoms with Crippen LogP contribution in [0, 0.1) is 0 Å². The van der Waals surface area contributed by atoms with Gasteiger partial charge in [-0.1, -0.05) is 35.9 Å². The summed E-state index contributed by atoms with van der Waals surface area (Å²) in [4.78, 5) is 0. The maximum absolute atomic E-state index is 5.69. The third-order valence-corrected chi connectivity index (χ3v) is 2.87. The first-order chi connectivity index (χ1) is 9.29. The zero-order valence-corrected chi connectivity index (χ0v) is 11.5. The molecule has 0 saturated heterocycles. The Hall–Kier alpha value is -1.65. The molecule has 0 fully saturated rings. The van der Waals surface area contributed by atoms with Gasteiger partial charge in [0.1, 0.15) is 5.82 Å². The number of benzene rings is 1. The Morgan fingerprint density at radius 3 is 2.58 bits per heavy atom. The van der Waals surface area contributed by atoms with E-state index < -0.39 is 0 Å². The third kappa shape index (κ3) is 4.19. The summed E-state index contributed by atoms with van der Waals surface area (Å²) in [7, 11) is 0. The van der Waals surface area contributed by atoms with E-state index in [1.807, 2.05) is 19.1 Å². The third-order valence-electron chi connectivity index (χ3n) is 2.67. The lowest BCUT2D eigenvalue weighted by Gasteiger charge is -2.10. The summed E-state index contributed by atoms with van der Waals surface area (Å²) in [5.74, 6) is 0.704. The molecule has 0 atom stereocenters. The molecule has 2 rings (SSSR count). The Labute approximate surface area is 117 Å². The number of nitrogens with zero attached hydrogens (tertiary/aromatic N) is 2. The standard InChI is InChI=1S/C14H16ClN3O/c1-2-19-10-12-6-4-3-5-11(12)9-16-14-8-7-13(15)17-18-14/h3-8H,2,9-10H2,1H3,(H,16,18). The van der Waals surface area contributed by atoms with Crippen LogP contribution in [0.5, 0.6) is 0 Å². The van der Waals surface area contributed by atoms with Crippen LogP contribution in [0.3, 0.4) is 0 Å². The zero-order valence-electron chi connectivity index (χ0n) is 10.8. The Balaban J connectivity index is 2.00. The molecule has 4 nitrogen and oxygen atoms in total. The minimum absolute atomic E-state index is 0.391. The summed E-state index contributed by atoms with van der Waals surface area (Å²) in [6.45, 7) is 4.01. The van der Waals surface area contributed by atoms with Crippen molar-refractivity contribution in [2.75, 3.05) is 11.9 Å². The zero-order chi connectivity index (χ0) is 13.5. The number of rotatable bonds is 6. The van der Waals surface area contributed by atoms with E-state index in [-0.39, 0.29) is 0 Å². The van der Waals surface area contributed by atoms with Gasteiger partial charge in [0.25, 0.3) is 0 Å². The van der Waals surface area contributed by atoms with Crippen molar-refractivity contribution in [2.45, 2.75) is 20.1 Å². The Bertz CT molecular complexity index is 516. The minimum atomic E-state index is 0.391. The molecule has 0 radical (unpaired) electrons. The van der Waals surface area contributed by atoms with Crippen molar-refractivity contribution in [1.82, 2.24) is 10.2 Å². The van der Waals surface area contributed by atoms with Gasteiger partial charge in [0, 0.05) is 13.2 Å². The maximum Gasteiger partial charge on any atom is 0.151 e. The molecular formula is C14H16ClN3O. The van der Waals surface area contributed by atoms with Crippen LogP contribution in [0.1, 0.15) is 18.1 Å². The first-order valence-corrected chi connectivity index (χ1v) is 6.55. The van der Waals surface area contributed by atoms with Crippen LogP contribution >= 0.6 is 11.6 Å². The summed E-state index contributed by atoms with van der Waals surface area (Å²) in [5, 5.41) is 11.4. The molecule has 1 N–H and O–H groups in total. The fourth-order valence-corrected chi connectivity index (χ4v) is 1.78. The average Bonchev–Trinajstić information content (AvgIpc) is 2.45. The number of nitrogens with one attached hydrogen (secondary N) is 1. The predicted octanol–water partition coefficient (Wildman–Crippen LogP) is 3.28. The monoisotopic (exact) mass is 277 g/mol. The van der Waals surface area contributed by atoms with E-state index in [9.17, 15) is 0 Å². The molecule has 1 heterocycles.